The summed E-state index contributed by atoms with van der Waals surface area (Å²) < 4.78 is 28.9. The normalized spacial score (nSPS) is 10.9. The van der Waals surface area contributed by atoms with E-state index in [1.54, 1.807) is 0 Å². The minimum Gasteiger partial charge on any atom is -0.497 e. The standard InChI is InChI=1S/C20H19FN2O4/c1-12(2)13-4-6-14(7-5-13)19-22-18(27-23-19)11-26-20(24)16-9-8-15(25-3)10-17(16)21/h4-10,12H,11H2,1-3H3. The maximum absolute atomic E-state index is 13.9. The fourth-order valence-corrected chi connectivity index (χ4v) is 2.44. The van der Waals surface area contributed by atoms with E-state index in [0.29, 0.717) is 17.5 Å². The molecule has 0 fully saturated rings. The van der Waals surface area contributed by atoms with E-state index in [0.717, 1.165) is 11.6 Å². The molecule has 0 saturated carbocycles. The molecule has 140 valence electrons. The topological polar surface area (TPSA) is 74.5 Å². The van der Waals surface area contributed by atoms with Crippen molar-refractivity contribution in [1.82, 2.24) is 10.1 Å². The van der Waals surface area contributed by atoms with Crippen LogP contribution >= 0.6 is 0 Å². The molecule has 0 radical (unpaired) electrons. The van der Waals surface area contributed by atoms with Crippen molar-refractivity contribution in [3.05, 3.63) is 65.3 Å². The van der Waals surface area contributed by atoms with Crippen LogP contribution in [0.2, 0.25) is 0 Å². The maximum atomic E-state index is 13.9. The lowest BCUT2D eigenvalue weighted by Gasteiger charge is -2.05. The molecule has 0 saturated heterocycles. The number of esters is 1. The highest BCUT2D eigenvalue weighted by atomic mass is 19.1. The molecule has 2 aromatic carbocycles. The quantitative estimate of drug-likeness (QED) is 0.600. The van der Waals surface area contributed by atoms with Crippen molar-refractivity contribution in [3.63, 3.8) is 0 Å². The summed E-state index contributed by atoms with van der Waals surface area (Å²) in [7, 11) is 1.41. The van der Waals surface area contributed by atoms with Gasteiger partial charge >= 0.3 is 5.97 Å². The third-order valence-electron chi connectivity index (χ3n) is 4.03. The van der Waals surface area contributed by atoms with Gasteiger partial charge in [-0.05, 0) is 23.6 Å². The number of hydrogen-bond donors (Lipinski definition) is 0. The Balaban J connectivity index is 1.65. The summed E-state index contributed by atoms with van der Waals surface area (Å²) in [5, 5.41) is 3.88. The summed E-state index contributed by atoms with van der Waals surface area (Å²) in [5.74, 6) is -0.286. The van der Waals surface area contributed by atoms with Gasteiger partial charge in [0.1, 0.15) is 11.6 Å². The zero-order chi connectivity index (χ0) is 19.4. The van der Waals surface area contributed by atoms with Crippen LogP contribution in [0.3, 0.4) is 0 Å². The molecule has 0 aliphatic rings. The second-order valence-electron chi connectivity index (χ2n) is 6.21. The van der Waals surface area contributed by atoms with E-state index in [1.807, 2.05) is 24.3 Å². The van der Waals surface area contributed by atoms with E-state index < -0.39 is 11.8 Å². The zero-order valence-corrected chi connectivity index (χ0v) is 15.2. The highest BCUT2D eigenvalue weighted by Crippen LogP contribution is 2.21. The molecule has 1 heterocycles. The van der Waals surface area contributed by atoms with Gasteiger partial charge in [-0.15, -0.1) is 0 Å². The van der Waals surface area contributed by atoms with Gasteiger partial charge < -0.3 is 14.0 Å². The number of carbonyl (C=O) groups is 1. The largest absolute Gasteiger partial charge is 0.497 e. The van der Waals surface area contributed by atoms with Crippen LogP contribution < -0.4 is 4.74 Å². The Labute approximate surface area is 155 Å². The Morgan fingerprint density at radius 3 is 2.56 bits per heavy atom. The summed E-state index contributed by atoms with van der Waals surface area (Å²) in [4.78, 5) is 16.2. The SMILES string of the molecule is COc1ccc(C(=O)OCc2nc(-c3ccc(C(C)C)cc3)no2)c(F)c1. The average Bonchev–Trinajstić information content (AvgIpc) is 3.15. The number of rotatable bonds is 6. The van der Waals surface area contributed by atoms with Gasteiger partial charge in [-0.25, -0.2) is 9.18 Å². The van der Waals surface area contributed by atoms with Crippen molar-refractivity contribution in [1.29, 1.82) is 0 Å². The lowest BCUT2D eigenvalue weighted by atomic mass is 10.0. The van der Waals surface area contributed by atoms with Crippen molar-refractivity contribution < 1.29 is 23.2 Å². The summed E-state index contributed by atoms with van der Waals surface area (Å²) in [6.45, 7) is 3.98. The summed E-state index contributed by atoms with van der Waals surface area (Å²) in [5.41, 5.74) is 1.81. The van der Waals surface area contributed by atoms with Crippen LogP contribution in [0.4, 0.5) is 4.39 Å². The molecule has 0 aliphatic carbocycles. The summed E-state index contributed by atoms with van der Waals surface area (Å²) in [6, 6.07) is 11.7. The van der Waals surface area contributed by atoms with Crippen LogP contribution in [0.5, 0.6) is 5.75 Å². The van der Waals surface area contributed by atoms with E-state index in [9.17, 15) is 9.18 Å². The number of benzene rings is 2. The van der Waals surface area contributed by atoms with Crippen LogP contribution in [-0.4, -0.2) is 23.2 Å². The minimum atomic E-state index is -0.823. The molecule has 3 aromatic rings. The fraction of sp³-hybridized carbons (Fsp3) is 0.250. The monoisotopic (exact) mass is 370 g/mol. The average molecular weight is 370 g/mol. The minimum absolute atomic E-state index is 0.125. The highest BCUT2D eigenvalue weighted by molar-refractivity contribution is 5.89. The van der Waals surface area contributed by atoms with Crippen LogP contribution in [0.15, 0.2) is 47.0 Å². The van der Waals surface area contributed by atoms with E-state index >= 15 is 0 Å². The molecular weight excluding hydrogens is 351 g/mol. The number of hydrogen-bond acceptors (Lipinski definition) is 6. The summed E-state index contributed by atoms with van der Waals surface area (Å²) in [6.07, 6.45) is 0. The number of carbonyl (C=O) groups excluding carboxylic acids is 1. The lowest BCUT2D eigenvalue weighted by Crippen LogP contribution is -2.08. The van der Waals surface area contributed by atoms with Gasteiger partial charge in [-0.2, -0.15) is 4.98 Å². The van der Waals surface area contributed by atoms with Gasteiger partial charge in [0, 0.05) is 11.6 Å². The van der Waals surface area contributed by atoms with Crippen molar-refractivity contribution in [3.8, 4) is 17.1 Å². The van der Waals surface area contributed by atoms with E-state index in [1.165, 1.54) is 24.8 Å². The maximum Gasteiger partial charge on any atom is 0.341 e. The molecule has 0 atom stereocenters. The van der Waals surface area contributed by atoms with Gasteiger partial charge in [-0.1, -0.05) is 43.3 Å². The van der Waals surface area contributed by atoms with Crippen LogP contribution in [0.1, 0.15) is 41.6 Å². The number of halogens is 1. The molecule has 3 rings (SSSR count). The first-order valence-corrected chi connectivity index (χ1v) is 8.41. The van der Waals surface area contributed by atoms with Gasteiger partial charge in [0.25, 0.3) is 5.89 Å². The van der Waals surface area contributed by atoms with Crippen molar-refractivity contribution in [2.75, 3.05) is 7.11 Å². The second kappa shape index (κ2) is 7.99. The predicted octanol–water partition coefficient (Wildman–Crippen LogP) is 4.36. The van der Waals surface area contributed by atoms with Crippen LogP contribution in [-0.2, 0) is 11.3 Å². The van der Waals surface area contributed by atoms with E-state index in [-0.39, 0.29) is 18.1 Å². The Kier molecular flexibility index (Phi) is 5.49. The molecular formula is C20H19FN2O4. The molecule has 0 bridgehead atoms. The smallest absolute Gasteiger partial charge is 0.341 e. The van der Waals surface area contributed by atoms with Crippen molar-refractivity contribution in [2.24, 2.45) is 0 Å². The van der Waals surface area contributed by atoms with Crippen molar-refractivity contribution >= 4 is 5.97 Å². The molecule has 7 heteroatoms. The predicted molar refractivity (Wildman–Crippen MR) is 95.9 cm³/mol. The van der Waals surface area contributed by atoms with Crippen molar-refractivity contribution in [2.45, 2.75) is 26.4 Å². The number of methoxy groups -OCH3 is 1. The van der Waals surface area contributed by atoms with E-state index in [4.69, 9.17) is 14.0 Å². The second-order valence-corrected chi connectivity index (χ2v) is 6.21. The first kappa shape index (κ1) is 18.6. The first-order chi connectivity index (χ1) is 13.0. The van der Waals surface area contributed by atoms with Gasteiger partial charge in [-0.3, -0.25) is 0 Å². The van der Waals surface area contributed by atoms with Gasteiger partial charge in [0.15, 0.2) is 6.61 Å². The Morgan fingerprint density at radius 1 is 1.19 bits per heavy atom. The molecule has 0 aliphatic heterocycles. The first-order valence-electron chi connectivity index (χ1n) is 8.41. The molecule has 0 amide bonds. The van der Waals surface area contributed by atoms with E-state index in [2.05, 4.69) is 24.0 Å². The molecule has 0 unspecified atom stereocenters. The molecule has 0 N–H and O–H groups in total. The third kappa shape index (κ3) is 4.31. The number of ether oxygens (including phenoxy) is 2. The van der Waals surface area contributed by atoms with Gasteiger partial charge in [0.05, 0.1) is 12.7 Å². The Morgan fingerprint density at radius 2 is 1.93 bits per heavy atom. The number of nitrogens with zero attached hydrogens (tertiary/aromatic N) is 2. The van der Waals surface area contributed by atoms with Crippen LogP contribution in [0.25, 0.3) is 11.4 Å². The highest BCUT2D eigenvalue weighted by Gasteiger charge is 2.16. The molecule has 27 heavy (non-hydrogen) atoms. The fourth-order valence-electron chi connectivity index (χ4n) is 2.44. The van der Waals surface area contributed by atoms with Gasteiger partial charge in [0.2, 0.25) is 5.82 Å². The summed E-state index contributed by atoms with van der Waals surface area (Å²) >= 11 is 0. The molecule has 0 spiro atoms. The lowest BCUT2D eigenvalue weighted by molar-refractivity contribution is 0.0424. The molecule has 1 aromatic heterocycles. The zero-order valence-electron chi connectivity index (χ0n) is 15.2. The third-order valence-corrected chi connectivity index (χ3v) is 4.03. The Bertz CT molecular complexity index is 935. The Hall–Kier alpha value is -3.22. The van der Waals surface area contributed by atoms with Crippen LogP contribution in [0, 0.1) is 5.82 Å². The molecule has 6 nitrogen and oxygen atoms in total. The number of aromatic nitrogens is 2.